The van der Waals surface area contributed by atoms with Crippen LogP contribution in [-0.2, 0) is 4.79 Å². The lowest BCUT2D eigenvalue weighted by Crippen LogP contribution is -2.16. The number of hydrogen-bond donors (Lipinski definition) is 2. The van der Waals surface area contributed by atoms with Gasteiger partial charge in [-0.05, 0) is 62.0 Å². The smallest absolute Gasteiger partial charge is 0.228 e. The summed E-state index contributed by atoms with van der Waals surface area (Å²) >= 11 is 5.25. The summed E-state index contributed by atoms with van der Waals surface area (Å²) in [6.07, 6.45) is 3.71. The molecule has 0 aliphatic heterocycles. The number of fused-ring (bicyclic) bond motifs is 1. The lowest BCUT2D eigenvalue weighted by Gasteiger charge is -2.09. The van der Waals surface area contributed by atoms with Crippen LogP contribution in [0.25, 0.3) is 5.69 Å². The van der Waals surface area contributed by atoms with Crippen LogP contribution in [0.2, 0.25) is 0 Å². The Labute approximate surface area is 133 Å². The molecule has 114 valence electrons. The van der Waals surface area contributed by atoms with E-state index in [1.54, 1.807) is 0 Å². The number of rotatable bonds is 3. The number of aromatic amines is 1. The fourth-order valence-electron chi connectivity index (χ4n) is 3.84. The fourth-order valence-corrected chi connectivity index (χ4v) is 4.12. The van der Waals surface area contributed by atoms with Crippen LogP contribution in [0.15, 0.2) is 24.3 Å². The number of carbonyl (C=O) groups is 1. The van der Waals surface area contributed by atoms with Crippen molar-refractivity contribution in [3.8, 4) is 5.69 Å². The maximum atomic E-state index is 12.4. The van der Waals surface area contributed by atoms with Crippen LogP contribution in [0.5, 0.6) is 0 Å². The minimum atomic E-state index is 0.166. The molecule has 2 saturated carbocycles. The molecule has 5 nitrogen and oxygen atoms in total. The van der Waals surface area contributed by atoms with Gasteiger partial charge in [0.2, 0.25) is 5.91 Å². The van der Waals surface area contributed by atoms with Crippen molar-refractivity contribution in [2.75, 3.05) is 5.32 Å². The Kier molecular flexibility index (Phi) is 3.14. The van der Waals surface area contributed by atoms with E-state index in [4.69, 9.17) is 12.2 Å². The second-order valence-electron chi connectivity index (χ2n) is 6.24. The molecule has 0 bridgehead atoms. The Morgan fingerprint density at radius 2 is 2.18 bits per heavy atom. The maximum absolute atomic E-state index is 12.4. The first-order chi connectivity index (χ1) is 10.6. The summed E-state index contributed by atoms with van der Waals surface area (Å²) in [6.45, 7) is 1.89. The zero-order valence-corrected chi connectivity index (χ0v) is 13.2. The molecule has 2 aliphatic rings. The van der Waals surface area contributed by atoms with Crippen LogP contribution in [-0.4, -0.2) is 20.7 Å². The molecular weight excluding hydrogens is 296 g/mol. The SMILES string of the molecule is Cc1n[nH]c(=S)n1-c1cccc(NC(=O)C2[C@@H]3CCC[C@@H]23)c1. The van der Waals surface area contributed by atoms with Crippen LogP contribution >= 0.6 is 12.2 Å². The number of hydrogen-bond acceptors (Lipinski definition) is 3. The molecule has 2 N–H and O–H groups in total. The van der Waals surface area contributed by atoms with E-state index in [1.165, 1.54) is 19.3 Å². The van der Waals surface area contributed by atoms with E-state index in [2.05, 4.69) is 15.5 Å². The second kappa shape index (κ2) is 5.05. The van der Waals surface area contributed by atoms with Gasteiger partial charge in [0.25, 0.3) is 0 Å². The lowest BCUT2D eigenvalue weighted by atomic mass is 10.1. The molecule has 6 heteroatoms. The first-order valence-corrected chi connectivity index (χ1v) is 8.11. The quantitative estimate of drug-likeness (QED) is 0.855. The second-order valence-corrected chi connectivity index (χ2v) is 6.62. The van der Waals surface area contributed by atoms with E-state index in [-0.39, 0.29) is 11.8 Å². The fraction of sp³-hybridized carbons (Fsp3) is 0.438. The Morgan fingerprint density at radius 1 is 1.41 bits per heavy atom. The number of aryl methyl sites for hydroxylation is 1. The molecule has 4 rings (SSSR count). The molecular formula is C16H18N4OS. The number of nitrogens with one attached hydrogen (secondary N) is 2. The van der Waals surface area contributed by atoms with Crippen LogP contribution < -0.4 is 5.32 Å². The van der Waals surface area contributed by atoms with Crippen molar-refractivity contribution < 1.29 is 4.79 Å². The first kappa shape index (κ1) is 13.7. The first-order valence-electron chi connectivity index (χ1n) is 7.70. The normalized spacial score (nSPS) is 25.8. The highest BCUT2D eigenvalue weighted by molar-refractivity contribution is 7.71. The molecule has 0 saturated heterocycles. The predicted molar refractivity (Wildman–Crippen MR) is 86.4 cm³/mol. The molecule has 2 aromatic rings. The van der Waals surface area contributed by atoms with Gasteiger partial charge in [-0.1, -0.05) is 12.5 Å². The van der Waals surface area contributed by atoms with Gasteiger partial charge < -0.3 is 5.32 Å². The van der Waals surface area contributed by atoms with Crippen LogP contribution in [0.4, 0.5) is 5.69 Å². The zero-order valence-electron chi connectivity index (χ0n) is 12.4. The van der Waals surface area contributed by atoms with Crippen LogP contribution in [0.1, 0.15) is 25.1 Å². The van der Waals surface area contributed by atoms with Crippen molar-refractivity contribution in [2.24, 2.45) is 17.8 Å². The van der Waals surface area contributed by atoms with E-state index in [0.29, 0.717) is 16.6 Å². The Balaban J connectivity index is 1.55. The molecule has 1 heterocycles. The van der Waals surface area contributed by atoms with Gasteiger partial charge in [-0.2, -0.15) is 5.10 Å². The van der Waals surface area contributed by atoms with Gasteiger partial charge in [0.05, 0.1) is 5.69 Å². The topological polar surface area (TPSA) is 62.7 Å². The number of carbonyl (C=O) groups excluding carboxylic acids is 1. The predicted octanol–water partition coefficient (Wildman–Crippen LogP) is 3.22. The highest BCUT2D eigenvalue weighted by Crippen LogP contribution is 2.57. The number of anilines is 1. The minimum absolute atomic E-state index is 0.166. The zero-order chi connectivity index (χ0) is 15.3. The highest BCUT2D eigenvalue weighted by Gasteiger charge is 2.56. The summed E-state index contributed by atoms with van der Waals surface area (Å²) in [5.74, 6) is 2.46. The number of benzene rings is 1. The van der Waals surface area contributed by atoms with Crippen molar-refractivity contribution in [3.05, 3.63) is 34.9 Å². The third-order valence-corrected chi connectivity index (χ3v) is 5.20. The number of aromatic nitrogens is 3. The van der Waals surface area contributed by atoms with Gasteiger partial charge >= 0.3 is 0 Å². The molecule has 2 aliphatic carbocycles. The van der Waals surface area contributed by atoms with Crippen molar-refractivity contribution in [1.82, 2.24) is 14.8 Å². The van der Waals surface area contributed by atoms with Gasteiger partial charge in [-0.3, -0.25) is 14.5 Å². The standard InChI is InChI=1S/C16H18N4OS/c1-9-18-19-16(22)20(9)11-5-2-4-10(8-11)17-15(21)14-12-6-3-7-13(12)14/h2,4-5,8,12-14H,3,6-7H2,1H3,(H,17,21)(H,19,22)/t12-,13-/m1/s1. The Bertz CT molecular complexity index is 783. The van der Waals surface area contributed by atoms with E-state index in [9.17, 15) is 4.79 Å². The van der Waals surface area contributed by atoms with E-state index in [0.717, 1.165) is 17.2 Å². The molecule has 22 heavy (non-hydrogen) atoms. The average Bonchev–Trinajstić information content (AvgIpc) is 2.81. The third-order valence-electron chi connectivity index (χ3n) is 4.92. The molecule has 1 aromatic carbocycles. The molecule has 0 unspecified atom stereocenters. The van der Waals surface area contributed by atoms with Gasteiger partial charge in [-0.25, -0.2) is 0 Å². The summed E-state index contributed by atoms with van der Waals surface area (Å²) in [5.41, 5.74) is 1.72. The molecule has 0 spiro atoms. The van der Waals surface area contributed by atoms with Crippen molar-refractivity contribution in [1.29, 1.82) is 0 Å². The lowest BCUT2D eigenvalue weighted by molar-refractivity contribution is -0.118. The molecule has 0 radical (unpaired) electrons. The summed E-state index contributed by atoms with van der Waals surface area (Å²) in [5, 5.41) is 9.95. The minimum Gasteiger partial charge on any atom is -0.326 e. The van der Waals surface area contributed by atoms with Crippen molar-refractivity contribution in [2.45, 2.75) is 26.2 Å². The summed E-state index contributed by atoms with van der Waals surface area (Å²) in [4.78, 5) is 12.4. The van der Waals surface area contributed by atoms with Gasteiger partial charge in [-0.15, -0.1) is 0 Å². The van der Waals surface area contributed by atoms with Crippen LogP contribution in [0.3, 0.4) is 0 Å². The van der Waals surface area contributed by atoms with E-state index >= 15 is 0 Å². The van der Waals surface area contributed by atoms with E-state index in [1.807, 2.05) is 35.8 Å². The van der Waals surface area contributed by atoms with Gasteiger partial charge in [0.15, 0.2) is 4.77 Å². The summed E-state index contributed by atoms with van der Waals surface area (Å²) < 4.78 is 2.41. The summed E-state index contributed by atoms with van der Waals surface area (Å²) in [7, 11) is 0. The molecule has 1 aromatic heterocycles. The largest absolute Gasteiger partial charge is 0.326 e. The number of nitrogens with zero attached hydrogens (tertiary/aromatic N) is 2. The third kappa shape index (κ3) is 2.18. The average molecular weight is 314 g/mol. The Morgan fingerprint density at radius 3 is 2.86 bits per heavy atom. The maximum Gasteiger partial charge on any atom is 0.228 e. The number of amides is 1. The van der Waals surface area contributed by atoms with Crippen molar-refractivity contribution >= 4 is 23.8 Å². The Hall–Kier alpha value is -1.95. The van der Waals surface area contributed by atoms with Crippen molar-refractivity contribution in [3.63, 3.8) is 0 Å². The summed E-state index contributed by atoms with van der Waals surface area (Å²) in [6, 6.07) is 7.74. The highest BCUT2D eigenvalue weighted by atomic mass is 32.1. The van der Waals surface area contributed by atoms with Gasteiger partial charge in [0.1, 0.15) is 5.82 Å². The van der Waals surface area contributed by atoms with E-state index < -0.39 is 0 Å². The molecule has 1 amide bonds. The molecule has 2 atom stereocenters. The van der Waals surface area contributed by atoms with Gasteiger partial charge in [0, 0.05) is 11.6 Å². The monoisotopic (exact) mass is 314 g/mol. The number of H-pyrrole nitrogens is 1. The molecule has 2 fully saturated rings. The van der Waals surface area contributed by atoms with Crippen LogP contribution in [0, 0.1) is 29.4 Å².